The van der Waals surface area contributed by atoms with Crippen LogP contribution in [0.25, 0.3) is 0 Å². The van der Waals surface area contributed by atoms with Gasteiger partial charge in [0.2, 0.25) is 0 Å². The number of aromatic nitrogens is 2. The van der Waals surface area contributed by atoms with E-state index in [4.69, 9.17) is 18.0 Å². The summed E-state index contributed by atoms with van der Waals surface area (Å²) < 4.78 is 2.00. The number of hydrogen-bond acceptors (Lipinski definition) is 2. The van der Waals surface area contributed by atoms with Gasteiger partial charge in [-0.1, -0.05) is 19.1 Å². The van der Waals surface area contributed by atoms with Crippen molar-refractivity contribution >= 4 is 17.2 Å². The van der Waals surface area contributed by atoms with Crippen LogP contribution in [0.2, 0.25) is 0 Å². The van der Waals surface area contributed by atoms with Crippen molar-refractivity contribution in [3.63, 3.8) is 0 Å². The van der Waals surface area contributed by atoms with Gasteiger partial charge in [-0.3, -0.25) is 0 Å². The lowest BCUT2D eigenvalue weighted by molar-refractivity contribution is 0.527. The van der Waals surface area contributed by atoms with E-state index in [1.807, 2.05) is 10.8 Å². The van der Waals surface area contributed by atoms with Crippen LogP contribution in [-0.4, -0.2) is 14.5 Å². The zero-order chi connectivity index (χ0) is 9.14. The predicted octanol–water partition coefficient (Wildman–Crippen LogP) is 1.49. The molecular weight excluding hydrogens is 170 g/mol. The van der Waals surface area contributed by atoms with E-state index in [2.05, 4.69) is 18.8 Å². The summed E-state index contributed by atoms with van der Waals surface area (Å²) in [5.74, 6) is 0.708. The molecule has 1 aromatic rings. The van der Waals surface area contributed by atoms with Crippen LogP contribution >= 0.6 is 12.2 Å². The average Bonchev–Trinajstić information content (AvgIpc) is 2.50. The van der Waals surface area contributed by atoms with E-state index in [0.29, 0.717) is 16.9 Å². The Morgan fingerprint density at radius 3 is 3.00 bits per heavy atom. The van der Waals surface area contributed by atoms with Crippen LogP contribution in [0.15, 0.2) is 12.4 Å². The maximum Gasteiger partial charge on any atom is 0.167 e. The number of nitrogens with zero attached hydrogens (tertiary/aromatic N) is 2. The van der Waals surface area contributed by atoms with E-state index in [-0.39, 0.29) is 0 Å². The molecule has 66 valence electrons. The summed E-state index contributed by atoms with van der Waals surface area (Å²) in [6.45, 7) is 4.23. The van der Waals surface area contributed by atoms with E-state index in [9.17, 15) is 0 Å². The first-order valence-corrected chi connectivity index (χ1v) is 4.40. The van der Waals surface area contributed by atoms with Gasteiger partial charge in [0, 0.05) is 18.4 Å². The zero-order valence-electron chi connectivity index (χ0n) is 7.32. The molecule has 0 radical (unpaired) electrons. The molecule has 1 rings (SSSR count). The van der Waals surface area contributed by atoms with Crippen molar-refractivity contribution in [3.8, 4) is 0 Å². The highest BCUT2D eigenvalue weighted by Crippen LogP contribution is 2.11. The maximum absolute atomic E-state index is 5.50. The largest absolute Gasteiger partial charge is 0.387 e. The zero-order valence-corrected chi connectivity index (χ0v) is 8.14. The van der Waals surface area contributed by atoms with Crippen molar-refractivity contribution in [1.82, 2.24) is 9.55 Å². The summed E-state index contributed by atoms with van der Waals surface area (Å²) >= 11 is 4.86. The van der Waals surface area contributed by atoms with Crippen molar-refractivity contribution in [3.05, 3.63) is 18.2 Å². The molecule has 1 aromatic heterocycles. The third-order valence-corrected chi connectivity index (χ3v) is 2.14. The molecule has 0 amide bonds. The SMILES string of the molecule is CCC(C)n1ccnc1C(N)=S. The highest BCUT2D eigenvalue weighted by atomic mass is 32.1. The fourth-order valence-corrected chi connectivity index (χ4v) is 1.21. The minimum atomic E-state index is 0.361. The molecule has 1 atom stereocenters. The molecule has 0 saturated heterocycles. The van der Waals surface area contributed by atoms with Crippen LogP contribution < -0.4 is 5.73 Å². The van der Waals surface area contributed by atoms with Crippen molar-refractivity contribution in [2.75, 3.05) is 0 Å². The monoisotopic (exact) mass is 183 g/mol. The summed E-state index contributed by atoms with van der Waals surface area (Å²) in [6.07, 6.45) is 4.68. The Kier molecular flexibility index (Phi) is 2.81. The summed E-state index contributed by atoms with van der Waals surface area (Å²) in [5.41, 5.74) is 5.50. The van der Waals surface area contributed by atoms with Gasteiger partial charge < -0.3 is 10.3 Å². The second kappa shape index (κ2) is 3.67. The topological polar surface area (TPSA) is 43.8 Å². The molecule has 12 heavy (non-hydrogen) atoms. The number of rotatable bonds is 3. The van der Waals surface area contributed by atoms with Crippen molar-refractivity contribution < 1.29 is 0 Å². The van der Waals surface area contributed by atoms with Crippen molar-refractivity contribution in [2.24, 2.45) is 5.73 Å². The summed E-state index contributed by atoms with van der Waals surface area (Å²) in [7, 11) is 0. The quantitative estimate of drug-likeness (QED) is 0.722. The first-order chi connectivity index (χ1) is 5.66. The van der Waals surface area contributed by atoms with Gasteiger partial charge in [-0.25, -0.2) is 4.98 Å². The first kappa shape index (κ1) is 9.19. The van der Waals surface area contributed by atoms with Crippen molar-refractivity contribution in [1.29, 1.82) is 0 Å². The molecule has 3 nitrogen and oxygen atoms in total. The van der Waals surface area contributed by atoms with E-state index >= 15 is 0 Å². The minimum absolute atomic E-state index is 0.361. The highest BCUT2D eigenvalue weighted by Gasteiger charge is 2.09. The molecule has 0 aromatic carbocycles. The Morgan fingerprint density at radius 1 is 1.83 bits per heavy atom. The van der Waals surface area contributed by atoms with Gasteiger partial charge in [0.1, 0.15) is 4.99 Å². The van der Waals surface area contributed by atoms with Gasteiger partial charge in [0.15, 0.2) is 5.82 Å². The van der Waals surface area contributed by atoms with Crippen molar-refractivity contribution in [2.45, 2.75) is 26.3 Å². The number of nitrogens with two attached hydrogens (primary N) is 1. The normalized spacial score (nSPS) is 12.8. The first-order valence-electron chi connectivity index (χ1n) is 3.99. The molecule has 2 N–H and O–H groups in total. The van der Waals surface area contributed by atoms with Crippen LogP contribution in [-0.2, 0) is 0 Å². The minimum Gasteiger partial charge on any atom is -0.387 e. The lowest BCUT2D eigenvalue weighted by Gasteiger charge is -2.12. The number of hydrogen-bond donors (Lipinski definition) is 1. The fourth-order valence-electron chi connectivity index (χ4n) is 1.06. The van der Waals surface area contributed by atoms with E-state index < -0.39 is 0 Å². The number of imidazole rings is 1. The fraction of sp³-hybridized carbons (Fsp3) is 0.500. The van der Waals surface area contributed by atoms with E-state index in [1.165, 1.54) is 0 Å². The molecule has 0 aliphatic carbocycles. The van der Waals surface area contributed by atoms with Gasteiger partial charge in [0.25, 0.3) is 0 Å². The Balaban J connectivity index is 2.98. The molecular formula is C8H13N3S. The standard InChI is InChI=1S/C8H13N3S/c1-3-6(2)11-5-4-10-8(11)7(9)12/h4-6H,3H2,1-2H3,(H2,9,12). The molecule has 0 bridgehead atoms. The molecule has 0 aliphatic rings. The molecule has 0 spiro atoms. The highest BCUT2D eigenvalue weighted by molar-refractivity contribution is 7.80. The molecule has 4 heteroatoms. The van der Waals surface area contributed by atoms with Crippen LogP contribution in [0.4, 0.5) is 0 Å². The molecule has 0 aliphatic heterocycles. The molecule has 0 fully saturated rings. The molecule has 0 saturated carbocycles. The maximum atomic E-state index is 5.50. The third kappa shape index (κ3) is 1.64. The number of thiocarbonyl (C=S) groups is 1. The van der Waals surface area contributed by atoms with Crippen LogP contribution in [0.3, 0.4) is 0 Å². The lowest BCUT2D eigenvalue weighted by atomic mass is 10.2. The summed E-state index contributed by atoms with van der Waals surface area (Å²) in [5, 5.41) is 0. The summed E-state index contributed by atoms with van der Waals surface area (Å²) in [4.78, 5) is 4.44. The van der Waals surface area contributed by atoms with Gasteiger partial charge in [-0.2, -0.15) is 0 Å². The summed E-state index contributed by atoms with van der Waals surface area (Å²) in [6, 6.07) is 0.406. The van der Waals surface area contributed by atoms with Crippen LogP contribution in [0.1, 0.15) is 32.1 Å². The Morgan fingerprint density at radius 2 is 2.50 bits per heavy atom. The predicted molar refractivity (Wildman–Crippen MR) is 53.1 cm³/mol. The van der Waals surface area contributed by atoms with Gasteiger partial charge in [-0.05, 0) is 13.3 Å². The van der Waals surface area contributed by atoms with E-state index in [1.54, 1.807) is 6.20 Å². The lowest BCUT2D eigenvalue weighted by Crippen LogP contribution is -2.18. The van der Waals surface area contributed by atoms with E-state index in [0.717, 1.165) is 6.42 Å². The second-order valence-electron chi connectivity index (χ2n) is 2.78. The average molecular weight is 183 g/mol. The Hall–Kier alpha value is -0.900. The molecule has 1 unspecified atom stereocenters. The van der Waals surface area contributed by atoms with Gasteiger partial charge >= 0.3 is 0 Å². The Bertz CT molecular complexity index is 280. The molecule has 1 heterocycles. The Labute approximate surface area is 77.6 Å². The van der Waals surface area contributed by atoms with Crippen LogP contribution in [0.5, 0.6) is 0 Å². The van der Waals surface area contributed by atoms with Gasteiger partial charge in [0.05, 0.1) is 0 Å². The smallest absolute Gasteiger partial charge is 0.167 e. The van der Waals surface area contributed by atoms with Gasteiger partial charge in [-0.15, -0.1) is 0 Å². The second-order valence-corrected chi connectivity index (χ2v) is 3.22. The van der Waals surface area contributed by atoms with Crippen LogP contribution in [0, 0.1) is 0 Å². The third-order valence-electron chi connectivity index (χ3n) is 1.95.